The molecule has 0 radical (unpaired) electrons. The van der Waals surface area contributed by atoms with E-state index in [4.69, 9.17) is 4.74 Å². The standard InChI is InChI=1S/C24H29N7O3S/c1-17(2)35(32,33)19-4-7-30(8-5-19)24-23-22(29-9-11-34-12-10-29)14-21(31(23)28-16-27-24)20-13-18(15-25)3-6-26-20/h3,6,13-14,16-17,19H,4-5,7-12H2,1-2H3. The lowest BCUT2D eigenvalue weighted by Crippen LogP contribution is -2.42. The summed E-state index contributed by atoms with van der Waals surface area (Å²) in [6, 6.07) is 7.67. The molecular formula is C24H29N7O3S. The third kappa shape index (κ3) is 4.32. The molecule has 3 aromatic heterocycles. The lowest BCUT2D eigenvalue weighted by molar-refractivity contribution is 0.123. The molecule has 0 atom stereocenters. The minimum atomic E-state index is -3.13. The smallest absolute Gasteiger partial charge is 0.158 e. The summed E-state index contributed by atoms with van der Waals surface area (Å²) < 4.78 is 32.8. The summed E-state index contributed by atoms with van der Waals surface area (Å²) in [4.78, 5) is 13.6. The predicted octanol–water partition coefficient (Wildman–Crippen LogP) is 2.29. The summed E-state index contributed by atoms with van der Waals surface area (Å²) >= 11 is 0. The van der Waals surface area contributed by atoms with Crippen molar-refractivity contribution in [1.82, 2.24) is 19.6 Å². The Morgan fingerprint density at radius 2 is 1.83 bits per heavy atom. The second-order valence-corrected chi connectivity index (χ2v) is 12.0. The Balaban J connectivity index is 1.58. The number of hydrogen-bond acceptors (Lipinski definition) is 9. The van der Waals surface area contributed by atoms with E-state index in [-0.39, 0.29) is 10.5 Å². The van der Waals surface area contributed by atoms with Crippen LogP contribution in [0.15, 0.2) is 30.7 Å². The van der Waals surface area contributed by atoms with Crippen LogP contribution in [0.4, 0.5) is 11.5 Å². The lowest BCUT2D eigenvalue weighted by atomic mass is 10.1. The first-order valence-corrected chi connectivity index (χ1v) is 13.5. The molecule has 11 heteroatoms. The first-order chi connectivity index (χ1) is 16.9. The molecule has 0 unspecified atom stereocenters. The highest BCUT2D eigenvalue weighted by molar-refractivity contribution is 7.92. The molecular weight excluding hydrogens is 466 g/mol. The maximum atomic E-state index is 12.7. The van der Waals surface area contributed by atoms with Gasteiger partial charge < -0.3 is 14.5 Å². The molecule has 5 heterocycles. The van der Waals surface area contributed by atoms with Gasteiger partial charge in [-0.15, -0.1) is 0 Å². The highest BCUT2D eigenvalue weighted by Crippen LogP contribution is 2.37. The fourth-order valence-electron chi connectivity index (χ4n) is 4.89. The van der Waals surface area contributed by atoms with Gasteiger partial charge in [-0.05, 0) is 44.9 Å². The third-order valence-electron chi connectivity index (χ3n) is 6.88. The molecule has 2 fully saturated rings. The van der Waals surface area contributed by atoms with Crippen LogP contribution in [0, 0.1) is 11.3 Å². The molecule has 2 aliphatic rings. The number of hydrogen-bond donors (Lipinski definition) is 0. The maximum Gasteiger partial charge on any atom is 0.158 e. The van der Waals surface area contributed by atoms with Crippen molar-refractivity contribution in [3.63, 3.8) is 0 Å². The van der Waals surface area contributed by atoms with Crippen molar-refractivity contribution < 1.29 is 13.2 Å². The molecule has 0 amide bonds. The summed E-state index contributed by atoms with van der Waals surface area (Å²) in [5, 5.41) is 13.2. The Hall–Kier alpha value is -3.23. The fourth-order valence-corrected chi connectivity index (χ4v) is 6.53. The summed E-state index contributed by atoms with van der Waals surface area (Å²) in [5.74, 6) is 0.782. The van der Waals surface area contributed by atoms with Crippen molar-refractivity contribution in [2.75, 3.05) is 49.2 Å². The topological polar surface area (TPSA) is 117 Å². The number of nitriles is 1. The van der Waals surface area contributed by atoms with Gasteiger partial charge in [-0.3, -0.25) is 4.98 Å². The summed E-state index contributed by atoms with van der Waals surface area (Å²) in [7, 11) is -3.13. The predicted molar refractivity (Wildman–Crippen MR) is 133 cm³/mol. The van der Waals surface area contributed by atoms with Crippen LogP contribution >= 0.6 is 0 Å². The molecule has 2 saturated heterocycles. The summed E-state index contributed by atoms with van der Waals surface area (Å²) in [5.41, 5.74) is 3.81. The van der Waals surface area contributed by atoms with Crippen LogP contribution in [0.5, 0.6) is 0 Å². The van der Waals surface area contributed by atoms with Crippen molar-refractivity contribution >= 4 is 26.9 Å². The molecule has 184 valence electrons. The van der Waals surface area contributed by atoms with Gasteiger partial charge in [-0.1, -0.05) is 0 Å². The van der Waals surface area contributed by atoms with Crippen molar-refractivity contribution in [2.24, 2.45) is 0 Å². The van der Waals surface area contributed by atoms with Crippen LogP contribution in [0.2, 0.25) is 0 Å². The largest absolute Gasteiger partial charge is 0.378 e. The Morgan fingerprint density at radius 3 is 2.51 bits per heavy atom. The quantitative estimate of drug-likeness (QED) is 0.525. The zero-order valence-corrected chi connectivity index (χ0v) is 20.8. The van der Waals surface area contributed by atoms with Gasteiger partial charge in [-0.2, -0.15) is 10.4 Å². The normalized spacial score (nSPS) is 17.8. The van der Waals surface area contributed by atoms with Crippen LogP contribution in [0.1, 0.15) is 32.3 Å². The summed E-state index contributed by atoms with van der Waals surface area (Å²) in [6.45, 7) is 7.47. The Labute approximate surface area is 205 Å². The van der Waals surface area contributed by atoms with E-state index in [9.17, 15) is 13.7 Å². The van der Waals surface area contributed by atoms with Gasteiger partial charge in [0.1, 0.15) is 11.8 Å². The first kappa shape index (κ1) is 23.5. The minimum Gasteiger partial charge on any atom is -0.378 e. The Morgan fingerprint density at radius 1 is 1.09 bits per heavy atom. The van der Waals surface area contributed by atoms with E-state index >= 15 is 0 Å². The van der Waals surface area contributed by atoms with Crippen LogP contribution < -0.4 is 9.80 Å². The van der Waals surface area contributed by atoms with E-state index in [1.54, 1.807) is 32.2 Å². The van der Waals surface area contributed by atoms with Crippen LogP contribution in [-0.2, 0) is 14.6 Å². The number of nitrogens with zero attached hydrogens (tertiary/aromatic N) is 7. The van der Waals surface area contributed by atoms with E-state index in [0.717, 1.165) is 35.8 Å². The molecule has 0 aliphatic carbocycles. The van der Waals surface area contributed by atoms with Crippen LogP contribution in [0.3, 0.4) is 0 Å². The highest BCUT2D eigenvalue weighted by Gasteiger charge is 2.34. The van der Waals surface area contributed by atoms with E-state index in [1.807, 2.05) is 4.52 Å². The van der Waals surface area contributed by atoms with Crippen LogP contribution in [-0.4, -0.2) is 77.9 Å². The maximum absolute atomic E-state index is 12.7. The fraction of sp³-hybridized carbons (Fsp3) is 0.500. The minimum absolute atomic E-state index is 0.324. The van der Waals surface area contributed by atoms with Gasteiger partial charge in [0.25, 0.3) is 0 Å². The van der Waals surface area contributed by atoms with E-state index in [2.05, 4.69) is 37.0 Å². The van der Waals surface area contributed by atoms with Gasteiger partial charge in [0.05, 0.1) is 52.4 Å². The number of sulfone groups is 1. The van der Waals surface area contributed by atoms with E-state index in [1.165, 1.54) is 6.33 Å². The van der Waals surface area contributed by atoms with E-state index in [0.29, 0.717) is 50.4 Å². The number of ether oxygens (including phenoxy) is 1. The van der Waals surface area contributed by atoms with E-state index < -0.39 is 9.84 Å². The second-order valence-electron chi connectivity index (χ2n) is 9.22. The highest BCUT2D eigenvalue weighted by atomic mass is 32.2. The summed E-state index contributed by atoms with van der Waals surface area (Å²) in [6.07, 6.45) is 4.30. The average Bonchev–Trinajstić information content (AvgIpc) is 3.29. The molecule has 2 aliphatic heterocycles. The van der Waals surface area contributed by atoms with Crippen molar-refractivity contribution in [3.8, 4) is 17.5 Å². The number of aromatic nitrogens is 4. The third-order valence-corrected chi connectivity index (χ3v) is 9.60. The molecule has 5 rings (SSSR count). The number of pyridine rings is 1. The van der Waals surface area contributed by atoms with Crippen molar-refractivity contribution in [1.29, 1.82) is 5.26 Å². The molecule has 3 aromatic rings. The molecule has 35 heavy (non-hydrogen) atoms. The monoisotopic (exact) mass is 495 g/mol. The molecule has 0 aromatic carbocycles. The lowest BCUT2D eigenvalue weighted by Gasteiger charge is -2.34. The van der Waals surface area contributed by atoms with Gasteiger partial charge in [0.2, 0.25) is 0 Å². The SMILES string of the molecule is CC(C)S(=O)(=O)C1CCN(c2ncnn3c(-c4cc(C#N)ccn4)cc(N4CCOCC4)c23)CC1. The first-order valence-electron chi connectivity index (χ1n) is 11.9. The Kier molecular flexibility index (Phi) is 6.34. The number of morpholine rings is 1. The molecule has 10 nitrogen and oxygen atoms in total. The average molecular weight is 496 g/mol. The van der Waals surface area contributed by atoms with Gasteiger partial charge in [0, 0.05) is 32.4 Å². The number of rotatable bonds is 5. The zero-order chi connectivity index (χ0) is 24.6. The Bertz CT molecular complexity index is 1370. The molecule has 0 bridgehead atoms. The zero-order valence-electron chi connectivity index (χ0n) is 20.0. The van der Waals surface area contributed by atoms with Gasteiger partial charge >= 0.3 is 0 Å². The molecule has 0 saturated carbocycles. The van der Waals surface area contributed by atoms with Gasteiger partial charge in [-0.25, -0.2) is 17.9 Å². The second kappa shape index (κ2) is 9.43. The van der Waals surface area contributed by atoms with Gasteiger partial charge in [0.15, 0.2) is 15.7 Å². The molecule has 0 N–H and O–H groups in total. The van der Waals surface area contributed by atoms with Crippen LogP contribution in [0.25, 0.3) is 16.9 Å². The van der Waals surface area contributed by atoms with Crippen molar-refractivity contribution in [2.45, 2.75) is 37.2 Å². The van der Waals surface area contributed by atoms with Crippen molar-refractivity contribution in [3.05, 3.63) is 36.3 Å². The number of piperidine rings is 1. The number of anilines is 2. The number of fused-ring (bicyclic) bond motifs is 1. The molecule has 0 spiro atoms.